The second-order valence-electron chi connectivity index (χ2n) is 5.92. The van der Waals surface area contributed by atoms with Gasteiger partial charge in [-0.15, -0.1) is 0 Å². The first-order valence-electron chi connectivity index (χ1n) is 7.93. The zero-order valence-electron chi connectivity index (χ0n) is 16.2. The molecule has 0 saturated heterocycles. The normalized spacial score (nSPS) is 10.7. The van der Waals surface area contributed by atoms with Crippen LogP contribution in [0.4, 0.5) is 8.78 Å². The molecule has 30 heavy (non-hydrogen) atoms. The average Bonchev–Trinajstić information content (AvgIpc) is 2.98. The molecule has 0 fully saturated rings. The molecule has 0 atom stereocenters. The first-order chi connectivity index (χ1) is 13.3. The van der Waals surface area contributed by atoms with E-state index in [4.69, 9.17) is 0 Å². The number of hydrogen-bond acceptors (Lipinski definition) is 7. The van der Waals surface area contributed by atoms with Crippen LogP contribution in [0.25, 0.3) is 28.0 Å². The van der Waals surface area contributed by atoms with Crippen molar-refractivity contribution in [2.24, 2.45) is 0 Å². The van der Waals surface area contributed by atoms with Gasteiger partial charge in [-0.3, -0.25) is 4.98 Å². The predicted molar refractivity (Wildman–Crippen MR) is 92.8 cm³/mol. The second-order valence-corrected chi connectivity index (χ2v) is 6.81. The van der Waals surface area contributed by atoms with Gasteiger partial charge in [0.1, 0.15) is 11.6 Å². The monoisotopic (exact) mass is 446 g/mol. The molecule has 0 aliphatic carbocycles. The molecule has 12 heteroatoms. The molecular weight excluding hydrogens is 436 g/mol. The number of hydrogen-bond donors (Lipinski definition) is 0. The van der Waals surface area contributed by atoms with Crippen LogP contribution < -0.4 is 64.2 Å². The van der Waals surface area contributed by atoms with Crippen molar-refractivity contribution in [3.05, 3.63) is 59.9 Å². The number of nitrogens with zero attached hydrogens (tertiary/aromatic N) is 4. The van der Waals surface area contributed by atoms with Crippen LogP contribution in [0.3, 0.4) is 0 Å². The summed E-state index contributed by atoms with van der Waals surface area (Å²) in [5, 5.41) is 16.4. The fourth-order valence-corrected chi connectivity index (χ4v) is 3.20. The zero-order chi connectivity index (χ0) is 20.0. The van der Waals surface area contributed by atoms with E-state index in [0.29, 0.717) is 11.3 Å². The molecule has 0 aliphatic heterocycles. The number of aryl methyl sites for hydroxylation is 1. The molecule has 0 unspecified atom stereocenters. The summed E-state index contributed by atoms with van der Waals surface area (Å²) in [5.41, 5.74) is 1.40. The van der Waals surface area contributed by atoms with Gasteiger partial charge in [0.2, 0.25) is 0 Å². The van der Waals surface area contributed by atoms with Gasteiger partial charge in [0.25, 0.3) is 0 Å². The van der Waals surface area contributed by atoms with Crippen LogP contribution in [0.1, 0.15) is 5.69 Å². The molecule has 0 amide bonds. The van der Waals surface area contributed by atoms with Crippen molar-refractivity contribution in [3.63, 3.8) is 0 Å². The summed E-state index contributed by atoms with van der Waals surface area (Å²) >= 11 is 0. The number of fused-ring (bicyclic) bond motifs is 1. The summed E-state index contributed by atoms with van der Waals surface area (Å²) in [4.78, 5) is 8.18. The van der Waals surface area contributed by atoms with Gasteiger partial charge in [0.15, 0.2) is 5.65 Å². The Morgan fingerprint density at radius 3 is 2.40 bits per heavy atom. The smallest absolute Gasteiger partial charge is 0.858 e. The van der Waals surface area contributed by atoms with Crippen LogP contribution >= 0.6 is 0 Å². The summed E-state index contributed by atoms with van der Waals surface area (Å²) in [7, 11) is -2.48. The summed E-state index contributed by atoms with van der Waals surface area (Å²) in [6, 6.07) is 7.05. The average molecular weight is 446 g/mol. The van der Waals surface area contributed by atoms with Crippen LogP contribution in [-0.4, -0.2) is 19.6 Å². The molecule has 142 valence electrons. The first kappa shape index (κ1) is 24.9. The molecule has 3 heterocycles. The van der Waals surface area contributed by atoms with Crippen molar-refractivity contribution in [1.29, 1.82) is 0 Å². The van der Waals surface area contributed by atoms with E-state index in [0.717, 1.165) is 16.6 Å². The third kappa shape index (κ3) is 4.59. The van der Waals surface area contributed by atoms with Gasteiger partial charge in [-0.25, -0.2) is 18.3 Å². The summed E-state index contributed by atoms with van der Waals surface area (Å²) in [6.07, 6.45) is 1.27. The Balaban J connectivity index is 0.00000160. The standard InChI is InChI=1S/C18H11F2N4O3S.2Na/c1-9-17(12-4-3-11(19)6-13(12)20)18-22-14(7-16(25)24(18)23-9)10-2-5-15(21-8-10)28(26)27;;/h2-8,25H,1H3;;/q-1;2*+1/p-1. The Hall–Kier alpha value is -1.40. The topological polar surface area (TPSA) is 100 Å². The molecule has 0 bridgehead atoms. The van der Waals surface area contributed by atoms with Gasteiger partial charge < -0.3 is 13.5 Å². The Morgan fingerprint density at radius 2 is 1.80 bits per heavy atom. The van der Waals surface area contributed by atoms with Crippen LogP contribution in [0.5, 0.6) is 5.88 Å². The van der Waals surface area contributed by atoms with E-state index in [9.17, 15) is 22.3 Å². The predicted octanol–water partition coefficient (Wildman–Crippen LogP) is -3.21. The molecule has 0 spiro atoms. The van der Waals surface area contributed by atoms with Crippen molar-refractivity contribution in [3.8, 4) is 28.3 Å². The van der Waals surface area contributed by atoms with Crippen LogP contribution in [-0.2, 0) is 19.1 Å². The summed E-state index contributed by atoms with van der Waals surface area (Å²) < 4.78 is 50.5. The summed E-state index contributed by atoms with van der Waals surface area (Å²) in [6.45, 7) is 1.59. The fraction of sp³-hybridized carbons (Fsp3) is 0.0556. The minimum absolute atomic E-state index is 0. The minimum Gasteiger partial charge on any atom is -0.858 e. The largest absolute Gasteiger partial charge is 1.00 e. The minimum atomic E-state index is -2.48. The van der Waals surface area contributed by atoms with Crippen molar-refractivity contribution in [1.82, 2.24) is 19.6 Å². The quantitative estimate of drug-likeness (QED) is 0.243. The maximum absolute atomic E-state index is 14.3. The van der Waals surface area contributed by atoms with E-state index in [1.54, 1.807) is 6.92 Å². The number of halogens is 2. The van der Waals surface area contributed by atoms with Crippen LogP contribution in [0, 0.1) is 18.6 Å². The van der Waals surface area contributed by atoms with Gasteiger partial charge in [0.05, 0.1) is 17.0 Å². The van der Waals surface area contributed by atoms with Gasteiger partial charge in [0, 0.05) is 28.4 Å². The van der Waals surface area contributed by atoms with E-state index < -0.39 is 28.2 Å². The molecule has 0 N–H and O–H groups in total. The molecule has 0 radical (unpaired) electrons. The Morgan fingerprint density at radius 1 is 1.07 bits per heavy atom. The fourth-order valence-electron chi connectivity index (χ4n) is 2.88. The third-order valence-electron chi connectivity index (χ3n) is 4.13. The number of pyridine rings is 1. The maximum atomic E-state index is 14.3. The Kier molecular flexibility index (Phi) is 8.14. The van der Waals surface area contributed by atoms with Gasteiger partial charge in [-0.05, 0) is 41.7 Å². The maximum Gasteiger partial charge on any atom is 1.00 e. The van der Waals surface area contributed by atoms with Crippen LogP contribution in [0.15, 0.2) is 47.6 Å². The van der Waals surface area contributed by atoms with Gasteiger partial charge in [-0.1, -0.05) is 12.1 Å². The third-order valence-corrected chi connectivity index (χ3v) is 4.72. The molecule has 0 aliphatic rings. The Bertz CT molecular complexity index is 1300. The zero-order valence-corrected chi connectivity index (χ0v) is 21.0. The van der Waals surface area contributed by atoms with Crippen molar-refractivity contribution in [2.75, 3.05) is 0 Å². The number of rotatable bonds is 3. The first-order valence-corrected chi connectivity index (χ1v) is 9.01. The molecule has 0 saturated carbocycles. The van der Waals surface area contributed by atoms with Crippen molar-refractivity contribution in [2.45, 2.75) is 11.9 Å². The molecular formula is C18H10F2N4Na2O3S. The van der Waals surface area contributed by atoms with E-state index in [2.05, 4.69) is 15.1 Å². The van der Waals surface area contributed by atoms with E-state index >= 15 is 0 Å². The summed E-state index contributed by atoms with van der Waals surface area (Å²) in [5.74, 6) is -2.04. The van der Waals surface area contributed by atoms with E-state index in [1.165, 1.54) is 30.5 Å². The van der Waals surface area contributed by atoms with Crippen LogP contribution in [0.2, 0.25) is 0 Å². The number of benzene rings is 1. The van der Waals surface area contributed by atoms with Crippen molar-refractivity contribution >= 4 is 16.4 Å². The van der Waals surface area contributed by atoms with Gasteiger partial charge in [-0.2, -0.15) is 5.10 Å². The van der Waals surface area contributed by atoms with E-state index in [1.807, 2.05) is 0 Å². The molecule has 4 rings (SSSR count). The molecule has 7 nitrogen and oxygen atoms in total. The molecule has 4 aromatic rings. The van der Waals surface area contributed by atoms with E-state index in [-0.39, 0.29) is 86.6 Å². The molecule has 1 aromatic carbocycles. The molecule has 3 aromatic heterocycles. The Labute approximate surface area is 215 Å². The van der Waals surface area contributed by atoms with Gasteiger partial charge >= 0.3 is 59.1 Å². The van der Waals surface area contributed by atoms with Crippen molar-refractivity contribution < 1.29 is 81.4 Å². The number of aromatic nitrogens is 4. The second kappa shape index (κ2) is 9.82. The SMILES string of the molecule is Cc1nn2c([O-])cc(-c3ccc([S-](=O)=O)nc3)nc2c1-c1ccc(F)cc1F.[Na+].[Na+].